The third-order valence-corrected chi connectivity index (χ3v) is 6.58. The van der Waals surface area contributed by atoms with Crippen molar-refractivity contribution in [3.63, 3.8) is 0 Å². The van der Waals surface area contributed by atoms with Gasteiger partial charge in [-0.05, 0) is 46.5 Å². The third-order valence-electron chi connectivity index (χ3n) is 4.58. The lowest BCUT2D eigenvalue weighted by molar-refractivity contribution is 0.0708. The molecule has 0 saturated carbocycles. The molecule has 1 aliphatic heterocycles. The Bertz CT molecular complexity index is 618. The van der Waals surface area contributed by atoms with Gasteiger partial charge in [-0.3, -0.25) is 4.90 Å². The maximum absolute atomic E-state index is 13.0. The zero-order chi connectivity index (χ0) is 17.2. The highest BCUT2D eigenvalue weighted by Gasteiger charge is 2.36. The molecule has 0 spiro atoms. The molecule has 23 heavy (non-hydrogen) atoms. The fraction of sp³-hybridized carbons (Fsp3) is 0.647. The lowest BCUT2D eigenvalue weighted by Gasteiger charge is -2.44. The van der Waals surface area contributed by atoms with Crippen molar-refractivity contribution in [2.45, 2.75) is 37.8 Å². The Labute approximate surface area is 140 Å². The van der Waals surface area contributed by atoms with E-state index in [1.165, 1.54) is 0 Å². The van der Waals surface area contributed by atoms with Crippen LogP contribution in [0.4, 0.5) is 0 Å². The molecular formula is C17H29N3O2S. The lowest BCUT2D eigenvalue weighted by Crippen LogP contribution is -2.58. The Morgan fingerprint density at radius 1 is 1.13 bits per heavy atom. The van der Waals surface area contributed by atoms with Gasteiger partial charge in [0.15, 0.2) is 0 Å². The number of sulfonamides is 1. The summed E-state index contributed by atoms with van der Waals surface area (Å²) in [5.41, 5.74) is 0.808. The number of rotatable bonds is 5. The van der Waals surface area contributed by atoms with Crippen molar-refractivity contribution in [1.82, 2.24) is 14.1 Å². The van der Waals surface area contributed by atoms with Crippen molar-refractivity contribution < 1.29 is 8.42 Å². The number of hydrogen-bond acceptors (Lipinski definition) is 4. The highest BCUT2D eigenvalue weighted by Crippen LogP contribution is 2.24. The van der Waals surface area contributed by atoms with E-state index in [0.717, 1.165) is 18.7 Å². The smallest absolute Gasteiger partial charge is 0.243 e. The van der Waals surface area contributed by atoms with Crippen LogP contribution < -0.4 is 0 Å². The largest absolute Gasteiger partial charge is 0.308 e. The van der Waals surface area contributed by atoms with Crippen molar-refractivity contribution in [1.29, 1.82) is 0 Å². The first-order valence-electron chi connectivity index (χ1n) is 8.19. The van der Waals surface area contributed by atoms with Crippen molar-refractivity contribution >= 4 is 10.0 Å². The molecule has 0 amide bonds. The summed E-state index contributed by atoms with van der Waals surface area (Å²) in [5, 5.41) is 0. The molecule has 2 rings (SSSR count). The monoisotopic (exact) mass is 339 g/mol. The van der Waals surface area contributed by atoms with Gasteiger partial charge >= 0.3 is 0 Å². The third kappa shape index (κ3) is 4.12. The first-order valence-corrected chi connectivity index (χ1v) is 9.63. The van der Waals surface area contributed by atoms with Crippen LogP contribution in [0, 0.1) is 6.92 Å². The number of hydrogen-bond donors (Lipinski definition) is 0. The summed E-state index contributed by atoms with van der Waals surface area (Å²) in [5.74, 6) is 0. The minimum Gasteiger partial charge on any atom is -0.308 e. The second-order valence-corrected chi connectivity index (χ2v) is 8.73. The highest BCUT2D eigenvalue weighted by molar-refractivity contribution is 7.89. The van der Waals surface area contributed by atoms with Gasteiger partial charge in [-0.2, -0.15) is 4.31 Å². The molecular weight excluding hydrogens is 310 g/mol. The van der Waals surface area contributed by atoms with Crippen LogP contribution in [-0.2, 0) is 10.0 Å². The van der Waals surface area contributed by atoms with Crippen LogP contribution in [0.25, 0.3) is 0 Å². The van der Waals surface area contributed by atoms with Crippen LogP contribution >= 0.6 is 0 Å². The van der Waals surface area contributed by atoms with E-state index in [4.69, 9.17) is 0 Å². The average Bonchev–Trinajstić information content (AvgIpc) is 2.46. The number of benzene rings is 1. The highest BCUT2D eigenvalue weighted by atomic mass is 32.2. The van der Waals surface area contributed by atoms with Gasteiger partial charge in [-0.25, -0.2) is 8.42 Å². The van der Waals surface area contributed by atoms with Gasteiger partial charge in [0, 0.05) is 38.3 Å². The molecule has 0 radical (unpaired) electrons. The predicted molar refractivity (Wildman–Crippen MR) is 94.1 cm³/mol. The van der Waals surface area contributed by atoms with Crippen LogP contribution in [0.2, 0.25) is 0 Å². The Balaban J connectivity index is 2.16. The van der Waals surface area contributed by atoms with Crippen LogP contribution in [0.3, 0.4) is 0 Å². The van der Waals surface area contributed by atoms with E-state index in [2.05, 4.69) is 37.7 Å². The molecule has 6 heteroatoms. The van der Waals surface area contributed by atoms with E-state index in [1.807, 2.05) is 19.1 Å². The van der Waals surface area contributed by atoms with Gasteiger partial charge in [0.2, 0.25) is 10.0 Å². The summed E-state index contributed by atoms with van der Waals surface area (Å²) in [7, 11) is 0.710. The summed E-state index contributed by atoms with van der Waals surface area (Å²) in [6.07, 6.45) is 0. The predicted octanol–water partition coefficient (Wildman–Crippen LogP) is 1.64. The Hall–Kier alpha value is -0.950. The Morgan fingerprint density at radius 3 is 2.22 bits per heavy atom. The van der Waals surface area contributed by atoms with Gasteiger partial charge in [0.1, 0.15) is 0 Å². The molecule has 1 fully saturated rings. The zero-order valence-corrected chi connectivity index (χ0v) is 15.7. The van der Waals surface area contributed by atoms with Gasteiger partial charge in [-0.1, -0.05) is 18.2 Å². The topological polar surface area (TPSA) is 43.9 Å². The summed E-state index contributed by atoms with van der Waals surface area (Å²) in [4.78, 5) is 5.00. The van der Waals surface area contributed by atoms with Gasteiger partial charge in [0.05, 0.1) is 4.90 Å². The van der Waals surface area contributed by atoms with Crippen LogP contribution in [0.5, 0.6) is 0 Å². The lowest BCUT2D eigenvalue weighted by atomic mass is 10.1. The molecule has 0 bridgehead atoms. The van der Waals surface area contributed by atoms with Crippen molar-refractivity contribution in [3.05, 3.63) is 29.8 Å². The quantitative estimate of drug-likeness (QED) is 0.818. The van der Waals surface area contributed by atoms with E-state index < -0.39 is 10.0 Å². The second-order valence-electron chi connectivity index (χ2n) is 6.83. The number of aryl methyl sites for hydroxylation is 1. The SMILES string of the molecule is Cc1ccccc1S(=O)(=O)N1CC(C)N(CCN(C)C)C(C)C1. The fourth-order valence-corrected chi connectivity index (χ4v) is 5.07. The summed E-state index contributed by atoms with van der Waals surface area (Å²) >= 11 is 0. The molecule has 2 unspecified atom stereocenters. The summed E-state index contributed by atoms with van der Waals surface area (Å²) < 4.78 is 27.6. The molecule has 0 N–H and O–H groups in total. The molecule has 0 aliphatic carbocycles. The van der Waals surface area contributed by atoms with E-state index in [0.29, 0.717) is 18.0 Å². The number of nitrogens with zero attached hydrogens (tertiary/aromatic N) is 3. The van der Waals surface area contributed by atoms with E-state index >= 15 is 0 Å². The fourth-order valence-electron chi connectivity index (χ4n) is 3.25. The van der Waals surface area contributed by atoms with Crippen LogP contribution in [0.1, 0.15) is 19.4 Å². The first kappa shape index (κ1) is 18.4. The zero-order valence-electron chi connectivity index (χ0n) is 14.9. The van der Waals surface area contributed by atoms with E-state index in [9.17, 15) is 8.42 Å². The molecule has 1 aromatic rings. The molecule has 1 aliphatic rings. The molecule has 1 saturated heterocycles. The molecule has 130 valence electrons. The van der Waals surface area contributed by atoms with Gasteiger partial charge < -0.3 is 4.90 Å². The molecule has 5 nitrogen and oxygen atoms in total. The molecule has 2 atom stereocenters. The Morgan fingerprint density at radius 2 is 1.70 bits per heavy atom. The average molecular weight is 340 g/mol. The van der Waals surface area contributed by atoms with E-state index in [-0.39, 0.29) is 12.1 Å². The number of piperazine rings is 1. The van der Waals surface area contributed by atoms with Crippen LogP contribution in [0.15, 0.2) is 29.2 Å². The van der Waals surface area contributed by atoms with E-state index in [1.54, 1.807) is 16.4 Å². The van der Waals surface area contributed by atoms with Crippen molar-refractivity contribution in [3.8, 4) is 0 Å². The van der Waals surface area contributed by atoms with Crippen LogP contribution in [-0.4, -0.2) is 74.9 Å². The van der Waals surface area contributed by atoms with Gasteiger partial charge in [-0.15, -0.1) is 0 Å². The van der Waals surface area contributed by atoms with Crippen molar-refractivity contribution in [2.75, 3.05) is 40.3 Å². The Kier molecular flexibility index (Phi) is 5.84. The minimum absolute atomic E-state index is 0.220. The molecule has 1 aromatic carbocycles. The maximum Gasteiger partial charge on any atom is 0.243 e. The summed E-state index contributed by atoms with van der Waals surface area (Å²) in [6.45, 7) is 9.14. The maximum atomic E-state index is 13.0. The molecule has 1 heterocycles. The van der Waals surface area contributed by atoms with Crippen molar-refractivity contribution in [2.24, 2.45) is 0 Å². The van der Waals surface area contributed by atoms with Gasteiger partial charge in [0.25, 0.3) is 0 Å². The second kappa shape index (κ2) is 7.30. The standard InChI is InChI=1S/C17H29N3O2S/c1-14-8-6-7-9-17(14)23(21,22)19-12-15(2)20(16(3)13-19)11-10-18(4)5/h6-9,15-16H,10-13H2,1-5H3. The number of likely N-dealkylation sites (N-methyl/N-ethyl adjacent to an activating group) is 1. The minimum atomic E-state index is -3.42. The molecule has 0 aromatic heterocycles. The summed E-state index contributed by atoms with van der Waals surface area (Å²) in [6, 6.07) is 7.67. The normalized spacial score (nSPS) is 24.3. The first-order chi connectivity index (χ1) is 10.7.